The third kappa shape index (κ3) is 3.87. The normalized spacial score (nSPS) is 9.88. The van der Waals surface area contributed by atoms with E-state index in [9.17, 15) is 9.59 Å². The third-order valence-electron chi connectivity index (χ3n) is 2.02. The van der Waals surface area contributed by atoms with Crippen LogP contribution in [0.4, 0.5) is 0 Å². The molecule has 0 aliphatic rings. The molecule has 17 heavy (non-hydrogen) atoms. The summed E-state index contributed by atoms with van der Waals surface area (Å²) >= 11 is 11.4. The number of pyridine rings is 1. The van der Waals surface area contributed by atoms with E-state index in [-0.39, 0.29) is 28.7 Å². The average molecular weight is 276 g/mol. The molecular weight excluding hydrogens is 265 g/mol. The fraction of sp³-hybridized carbons (Fsp3) is 0.300. The number of nitrogens with one attached hydrogen (secondary N) is 1. The molecule has 1 aromatic heterocycles. The van der Waals surface area contributed by atoms with Crippen molar-refractivity contribution in [3.63, 3.8) is 0 Å². The molecule has 5 nitrogen and oxygen atoms in total. The molecule has 0 radical (unpaired) electrons. The summed E-state index contributed by atoms with van der Waals surface area (Å²) in [6.45, 7) is -0.0348. The van der Waals surface area contributed by atoms with Crippen LogP contribution in [0.15, 0.2) is 12.1 Å². The van der Waals surface area contributed by atoms with Gasteiger partial charge in [0.15, 0.2) is 0 Å². The maximum Gasteiger partial charge on any atom is 0.254 e. The highest BCUT2D eigenvalue weighted by molar-refractivity contribution is 6.33. The first kappa shape index (κ1) is 13.7. The first-order chi connectivity index (χ1) is 7.93. The number of hydrogen-bond acceptors (Lipinski definition) is 3. The van der Waals surface area contributed by atoms with Crippen LogP contribution in [-0.4, -0.2) is 42.3 Å². The van der Waals surface area contributed by atoms with Gasteiger partial charge < -0.3 is 10.2 Å². The minimum absolute atomic E-state index is 0.0348. The molecule has 1 heterocycles. The number of amides is 2. The molecule has 0 fully saturated rings. The van der Waals surface area contributed by atoms with Crippen LogP contribution in [-0.2, 0) is 4.79 Å². The van der Waals surface area contributed by atoms with Gasteiger partial charge in [-0.2, -0.15) is 0 Å². The Hall–Kier alpha value is -1.33. The zero-order valence-corrected chi connectivity index (χ0v) is 10.8. The lowest BCUT2D eigenvalue weighted by Crippen LogP contribution is -2.36. The molecule has 0 spiro atoms. The first-order valence-corrected chi connectivity index (χ1v) is 5.48. The lowest BCUT2D eigenvalue weighted by atomic mass is 10.2. The highest BCUT2D eigenvalue weighted by Crippen LogP contribution is 2.15. The molecule has 7 heteroatoms. The van der Waals surface area contributed by atoms with E-state index < -0.39 is 0 Å². The summed E-state index contributed by atoms with van der Waals surface area (Å²) in [4.78, 5) is 28.0. The number of hydrogen-bond donors (Lipinski definition) is 1. The lowest BCUT2D eigenvalue weighted by Gasteiger charge is -2.16. The molecule has 92 valence electrons. The van der Waals surface area contributed by atoms with Crippen molar-refractivity contribution < 1.29 is 9.59 Å². The highest BCUT2D eigenvalue weighted by atomic mass is 35.5. The summed E-state index contributed by atoms with van der Waals surface area (Å²) in [5.41, 5.74) is 0.293. The topological polar surface area (TPSA) is 62.3 Å². The Morgan fingerprint density at radius 2 is 1.88 bits per heavy atom. The Morgan fingerprint density at radius 1 is 1.35 bits per heavy atom. The summed E-state index contributed by atoms with van der Waals surface area (Å²) in [5.74, 6) is -0.605. The van der Waals surface area contributed by atoms with Gasteiger partial charge in [0.05, 0.1) is 6.54 Å². The SMILES string of the molecule is CNC(=O)CN(C)C(=O)c1cc(Cl)nc(Cl)c1. The monoisotopic (exact) mass is 275 g/mol. The van der Waals surface area contributed by atoms with Crippen molar-refractivity contribution in [2.45, 2.75) is 0 Å². The predicted octanol–water partition coefficient (Wildman–Crippen LogP) is 1.21. The number of carbonyl (C=O) groups excluding carboxylic acids is 2. The quantitative estimate of drug-likeness (QED) is 0.844. The van der Waals surface area contributed by atoms with Crippen LogP contribution in [0.25, 0.3) is 0 Å². The smallest absolute Gasteiger partial charge is 0.254 e. The Labute approximate surface area is 109 Å². The number of nitrogens with zero attached hydrogens (tertiary/aromatic N) is 2. The van der Waals surface area contributed by atoms with Gasteiger partial charge in [0, 0.05) is 19.7 Å². The molecule has 1 rings (SSSR count). The molecule has 1 aromatic rings. The van der Waals surface area contributed by atoms with Gasteiger partial charge in [-0.3, -0.25) is 9.59 Å². The van der Waals surface area contributed by atoms with E-state index >= 15 is 0 Å². The minimum Gasteiger partial charge on any atom is -0.358 e. The van der Waals surface area contributed by atoms with Crippen molar-refractivity contribution >= 4 is 35.0 Å². The molecule has 0 aliphatic carbocycles. The van der Waals surface area contributed by atoms with Crippen LogP contribution in [0.1, 0.15) is 10.4 Å². The molecule has 0 aromatic carbocycles. The molecule has 1 N–H and O–H groups in total. The van der Waals surface area contributed by atoms with Crippen LogP contribution in [0.5, 0.6) is 0 Å². The van der Waals surface area contributed by atoms with Gasteiger partial charge in [0.25, 0.3) is 5.91 Å². The highest BCUT2D eigenvalue weighted by Gasteiger charge is 2.15. The van der Waals surface area contributed by atoms with Gasteiger partial charge in [0.2, 0.25) is 5.91 Å². The fourth-order valence-electron chi connectivity index (χ4n) is 1.18. The Balaban J connectivity index is 2.85. The van der Waals surface area contributed by atoms with Gasteiger partial charge in [0.1, 0.15) is 10.3 Å². The van der Waals surface area contributed by atoms with E-state index in [1.165, 1.54) is 31.1 Å². The Bertz CT molecular complexity index is 431. The largest absolute Gasteiger partial charge is 0.358 e. The van der Waals surface area contributed by atoms with Crippen molar-refractivity contribution in [1.82, 2.24) is 15.2 Å². The Morgan fingerprint density at radius 3 is 2.35 bits per heavy atom. The summed E-state index contributed by atoms with van der Waals surface area (Å²) in [6, 6.07) is 2.80. The summed E-state index contributed by atoms with van der Waals surface area (Å²) in [5, 5.41) is 2.69. The number of rotatable bonds is 3. The maximum atomic E-state index is 11.9. The van der Waals surface area contributed by atoms with Gasteiger partial charge in [-0.25, -0.2) is 4.98 Å². The molecule has 2 amide bonds. The molecule has 0 atom stereocenters. The summed E-state index contributed by atoms with van der Waals surface area (Å²) in [7, 11) is 3.01. The Kier molecular flexibility index (Phi) is 4.72. The predicted molar refractivity (Wildman–Crippen MR) is 65.3 cm³/mol. The van der Waals surface area contributed by atoms with Crippen molar-refractivity contribution in [3.8, 4) is 0 Å². The fourth-order valence-corrected chi connectivity index (χ4v) is 1.64. The van der Waals surface area contributed by atoms with E-state index in [2.05, 4.69) is 10.3 Å². The molecular formula is C10H11Cl2N3O2. The van der Waals surface area contributed by atoms with Crippen molar-refractivity contribution in [1.29, 1.82) is 0 Å². The van der Waals surface area contributed by atoms with Crippen LogP contribution in [0, 0.1) is 0 Å². The second-order valence-electron chi connectivity index (χ2n) is 3.34. The maximum absolute atomic E-state index is 11.9. The summed E-state index contributed by atoms with van der Waals surface area (Å²) < 4.78 is 0. The molecule has 0 aliphatic heterocycles. The zero-order chi connectivity index (χ0) is 13.0. The van der Waals surface area contributed by atoms with E-state index in [0.29, 0.717) is 5.56 Å². The molecule has 0 saturated heterocycles. The second kappa shape index (κ2) is 5.84. The van der Waals surface area contributed by atoms with E-state index in [1.54, 1.807) is 0 Å². The number of carbonyl (C=O) groups is 2. The molecule has 0 bridgehead atoms. The standard InChI is InChI=1S/C10H11Cl2N3O2/c1-13-9(16)5-15(2)10(17)6-3-7(11)14-8(12)4-6/h3-4H,5H2,1-2H3,(H,13,16). The van der Waals surface area contributed by atoms with Gasteiger partial charge in [-0.1, -0.05) is 23.2 Å². The van der Waals surface area contributed by atoms with Crippen molar-refractivity contribution in [2.24, 2.45) is 0 Å². The van der Waals surface area contributed by atoms with Gasteiger partial charge >= 0.3 is 0 Å². The van der Waals surface area contributed by atoms with Gasteiger partial charge in [-0.05, 0) is 12.1 Å². The first-order valence-electron chi connectivity index (χ1n) is 4.73. The van der Waals surface area contributed by atoms with Crippen LogP contribution in [0.3, 0.4) is 0 Å². The number of halogens is 2. The van der Waals surface area contributed by atoms with Crippen LogP contribution in [0.2, 0.25) is 10.3 Å². The van der Waals surface area contributed by atoms with Crippen LogP contribution < -0.4 is 5.32 Å². The number of aromatic nitrogens is 1. The summed E-state index contributed by atoms with van der Waals surface area (Å²) in [6.07, 6.45) is 0. The molecule has 0 saturated carbocycles. The van der Waals surface area contributed by atoms with E-state index in [1.807, 2.05) is 0 Å². The minimum atomic E-state index is -0.347. The third-order valence-corrected chi connectivity index (χ3v) is 2.40. The van der Waals surface area contributed by atoms with Gasteiger partial charge in [-0.15, -0.1) is 0 Å². The zero-order valence-electron chi connectivity index (χ0n) is 9.33. The van der Waals surface area contributed by atoms with E-state index in [4.69, 9.17) is 23.2 Å². The molecule has 0 unspecified atom stereocenters. The van der Waals surface area contributed by atoms with Crippen LogP contribution >= 0.6 is 23.2 Å². The average Bonchev–Trinajstić information content (AvgIpc) is 2.26. The second-order valence-corrected chi connectivity index (χ2v) is 4.11. The van der Waals surface area contributed by atoms with Crippen molar-refractivity contribution in [3.05, 3.63) is 28.0 Å². The van der Waals surface area contributed by atoms with E-state index in [0.717, 1.165) is 0 Å². The lowest BCUT2D eigenvalue weighted by molar-refractivity contribution is -0.121. The number of likely N-dealkylation sites (N-methyl/N-ethyl adjacent to an activating group) is 2. The van der Waals surface area contributed by atoms with Crippen molar-refractivity contribution in [2.75, 3.05) is 20.6 Å².